The van der Waals surface area contributed by atoms with E-state index in [1.54, 1.807) is 0 Å². The molecule has 0 saturated heterocycles. The molecule has 0 bridgehead atoms. The molecule has 3 nitrogen and oxygen atoms in total. The van der Waals surface area contributed by atoms with E-state index in [9.17, 15) is 0 Å². The van der Waals surface area contributed by atoms with Gasteiger partial charge in [-0.3, -0.25) is 15.7 Å². The van der Waals surface area contributed by atoms with Gasteiger partial charge in [0, 0.05) is 13.0 Å². The second-order valence-electron chi connectivity index (χ2n) is 2.90. The van der Waals surface area contributed by atoms with E-state index in [1.165, 1.54) is 0 Å². The summed E-state index contributed by atoms with van der Waals surface area (Å²) in [5.74, 6) is 0.727. The van der Waals surface area contributed by atoms with Gasteiger partial charge < -0.3 is 0 Å². The van der Waals surface area contributed by atoms with Gasteiger partial charge in [0.25, 0.3) is 0 Å². The van der Waals surface area contributed by atoms with E-state index in [0.29, 0.717) is 0 Å². The first-order valence-corrected chi connectivity index (χ1v) is 4.78. The predicted octanol–water partition coefficient (Wildman–Crippen LogP) is 2.35. The van der Waals surface area contributed by atoms with Crippen LogP contribution in [0.1, 0.15) is 46.0 Å². The molecule has 0 aromatic rings. The zero-order valence-corrected chi connectivity index (χ0v) is 8.14. The smallest absolute Gasteiger partial charge is 0.120 e. The van der Waals surface area contributed by atoms with Crippen LogP contribution in [-0.4, -0.2) is 17.6 Å². The van der Waals surface area contributed by atoms with E-state index in [4.69, 9.17) is 5.21 Å². The predicted molar refractivity (Wildman–Crippen MR) is 51.7 cm³/mol. The molecule has 0 heterocycles. The van der Waals surface area contributed by atoms with E-state index in [0.717, 1.165) is 44.5 Å². The molecule has 3 heteroatoms. The molecule has 0 rings (SSSR count). The largest absolute Gasteiger partial charge is 0.290 e. The van der Waals surface area contributed by atoms with Gasteiger partial charge in [-0.1, -0.05) is 26.7 Å². The van der Waals surface area contributed by atoms with Crippen molar-refractivity contribution < 1.29 is 5.21 Å². The van der Waals surface area contributed by atoms with Crippen LogP contribution in [0.2, 0.25) is 0 Å². The number of hydroxylamine groups is 1. The van der Waals surface area contributed by atoms with Crippen LogP contribution in [0.5, 0.6) is 0 Å². The maximum atomic E-state index is 8.67. The van der Waals surface area contributed by atoms with E-state index in [2.05, 4.69) is 24.3 Å². The summed E-state index contributed by atoms with van der Waals surface area (Å²) < 4.78 is 0. The Kier molecular flexibility index (Phi) is 8.12. The van der Waals surface area contributed by atoms with E-state index in [1.807, 2.05) is 0 Å². The maximum absolute atomic E-state index is 8.67. The number of nitrogens with zero attached hydrogens (tertiary/aromatic N) is 1. The molecule has 72 valence electrons. The van der Waals surface area contributed by atoms with E-state index < -0.39 is 0 Å². The number of nitrogens with one attached hydrogen (secondary N) is 1. The quantitative estimate of drug-likeness (QED) is 0.279. The Morgan fingerprint density at radius 2 is 1.92 bits per heavy atom. The van der Waals surface area contributed by atoms with Gasteiger partial charge in [0.1, 0.15) is 5.84 Å². The maximum Gasteiger partial charge on any atom is 0.120 e. The number of amidine groups is 1. The summed E-state index contributed by atoms with van der Waals surface area (Å²) in [5.41, 5.74) is 2.15. The van der Waals surface area contributed by atoms with Crippen molar-refractivity contribution in [2.45, 2.75) is 46.0 Å². The summed E-state index contributed by atoms with van der Waals surface area (Å²) in [6.45, 7) is 5.08. The van der Waals surface area contributed by atoms with Crippen LogP contribution in [0.3, 0.4) is 0 Å². The van der Waals surface area contributed by atoms with Gasteiger partial charge in [-0.2, -0.15) is 0 Å². The molecule has 0 aromatic carbocycles. The van der Waals surface area contributed by atoms with Crippen molar-refractivity contribution in [3.05, 3.63) is 0 Å². The SMILES string of the molecule is CCCCN=C(CCCC)NO. The van der Waals surface area contributed by atoms with Gasteiger partial charge in [0.05, 0.1) is 0 Å². The lowest BCUT2D eigenvalue weighted by molar-refractivity contribution is 0.231. The lowest BCUT2D eigenvalue weighted by Crippen LogP contribution is -2.19. The first kappa shape index (κ1) is 11.4. The van der Waals surface area contributed by atoms with Gasteiger partial charge in [-0.05, 0) is 12.8 Å². The third-order valence-corrected chi connectivity index (χ3v) is 1.71. The average Bonchev–Trinajstić information content (AvgIpc) is 2.11. The number of hydrogen-bond donors (Lipinski definition) is 2. The summed E-state index contributed by atoms with van der Waals surface area (Å²) in [4.78, 5) is 4.22. The molecule has 0 amide bonds. The molecule has 0 radical (unpaired) electrons. The fraction of sp³-hybridized carbons (Fsp3) is 0.889. The number of unbranched alkanes of at least 4 members (excludes halogenated alkanes) is 2. The molecule has 0 aromatic heterocycles. The van der Waals surface area contributed by atoms with Gasteiger partial charge in [0.15, 0.2) is 0 Å². The third kappa shape index (κ3) is 6.16. The molecule has 12 heavy (non-hydrogen) atoms. The zero-order valence-electron chi connectivity index (χ0n) is 8.14. The molecular formula is C9H20N2O. The topological polar surface area (TPSA) is 44.6 Å². The minimum atomic E-state index is 0.727. The average molecular weight is 172 g/mol. The van der Waals surface area contributed by atoms with Crippen LogP contribution < -0.4 is 5.48 Å². The van der Waals surface area contributed by atoms with Gasteiger partial charge in [-0.25, -0.2) is 0 Å². The molecule has 0 spiro atoms. The Bertz CT molecular complexity index is 124. The van der Waals surface area contributed by atoms with Crippen molar-refractivity contribution in [2.75, 3.05) is 6.54 Å². The van der Waals surface area contributed by atoms with Crippen LogP contribution >= 0.6 is 0 Å². The molecule has 0 unspecified atom stereocenters. The van der Waals surface area contributed by atoms with Crippen LogP contribution in [0, 0.1) is 0 Å². The Morgan fingerprint density at radius 3 is 2.42 bits per heavy atom. The minimum Gasteiger partial charge on any atom is -0.290 e. The van der Waals surface area contributed by atoms with Crippen LogP contribution in [0.25, 0.3) is 0 Å². The second-order valence-corrected chi connectivity index (χ2v) is 2.90. The van der Waals surface area contributed by atoms with Gasteiger partial charge >= 0.3 is 0 Å². The fourth-order valence-corrected chi connectivity index (χ4v) is 0.887. The van der Waals surface area contributed by atoms with E-state index >= 15 is 0 Å². The fourth-order valence-electron chi connectivity index (χ4n) is 0.887. The van der Waals surface area contributed by atoms with Crippen LogP contribution in [0.4, 0.5) is 0 Å². The monoisotopic (exact) mass is 172 g/mol. The number of hydrogen-bond acceptors (Lipinski definition) is 2. The molecular weight excluding hydrogens is 152 g/mol. The van der Waals surface area contributed by atoms with Gasteiger partial charge in [-0.15, -0.1) is 0 Å². The third-order valence-electron chi connectivity index (χ3n) is 1.71. The minimum absolute atomic E-state index is 0.727. The van der Waals surface area contributed by atoms with Crippen molar-refractivity contribution >= 4 is 5.84 Å². The molecule has 0 aliphatic carbocycles. The van der Waals surface area contributed by atoms with Crippen molar-refractivity contribution in [3.8, 4) is 0 Å². The molecule has 0 aliphatic rings. The zero-order chi connectivity index (χ0) is 9.23. The number of aliphatic imine (C=N–C) groups is 1. The summed E-state index contributed by atoms with van der Waals surface area (Å²) in [6, 6.07) is 0. The summed E-state index contributed by atoms with van der Waals surface area (Å²) >= 11 is 0. The molecule has 0 fully saturated rings. The Balaban J connectivity index is 3.55. The highest BCUT2D eigenvalue weighted by Gasteiger charge is 1.94. The Labute approximate surface area is 74.9 Å². The Morgan fingerprint density at radius 1 is 1.25 bits per heavy atom. The Hall–Kier alpha value is -0.570. The van der Waals surface area contributed by atoms with Crippen molar-refractivity contribution in [1.82, 2.24) is 5.48 Å². The summed E-state index contributed by atoms with van der Waals surface area (Å²) in [5, 5.41) is 8.67. The molecule has 2 N–H and O–H groups in total. The van der Waals surface area contributed by atoms with Crippen LogP contribution in [-0.2, 0) is 0 Å². The van der Waals surface area contributed by atoms with E-state index in [-0.39, 0.29) is 0 Å². The lowest BCUT2D eigenvalue weighted by atomic mass is 10.2. The first-order chi connectivity index (χ1) is 5.85. The number of rotatable bonds is 6. The van der Waals surface area contributed by atoms with Crippen molar-refractivity contribution in [3.63, 3.8) is 0 Å². The highest BCUT2D eigenvalue weighted by Crippen LogP contribution is 1.96. The normalized spacial score (nSPS) is 11.8. The summed E-state index contributed by atoms with van der Waals surface area (Å²) in [7, 11) is 0. The highest BCUT2D eigenvalue weighted by molar-refractivity contribution is 5.80. The lowest BCUT2D eigenvalue weighted by Gasteiger charge is -2.02. The first-order valence-electron chi connectivity index (χ1n) is 4.78. The van der Waals surface area contributed by atoms with Gasteiger partial charge in [0.2, 0.25) is 0 Å². The van der Waals surface area contributed by atoms with Crippen molar-refractivity contribution in [1.29, 1.82) is 0 Å². The second kappa shape index (κ2) is 8.53. The molecule has 0 saturated carbocycles. The highest BCUT2D eigenvalue weighted by atomic mass is 16.5. The molecule has 0 aliphatic heterocycles. The summed E-state index contributed by atoms with van der Waals surface area (Å²) in [6.07, 6.45) is 5.32. The molecule has 0 atom stereocenters. The van der Waals surface area contributed by atoms with Crippen molar-refractivity contribution in [2.24, 2.45) is 4.99 Å². The standard InChI is InChI=1S/C9H20N2O/c1-3-5-7-9(11-12)10-8-6-4-2/h12H,3-8H2,1-2H3,(H,10,11). The van der Waals surface area contributed by atoms with Crippen LogP contribution in [0.15, 0.2) is 4.99 Å².